The highest BCUT2D eigenvalue weighted by Gasteiger charge is 2.11. The summed E-state index contributed by atoms with van der Waals surface area (Å²) in [5.41, 5.74) is 0.590. The van der Waals surface area contributed by atoms with Crippen molar-refractivity contribution in [2.75, 3.05) is 13.2 Å². The van der Waals surface area contributed by atoms with E-state index in [4.69, 9.17) is 9.47 Å². The smallest absolute Gasteiger partial charge is 0.171 e. The van der Waals surface area contributed by atoms with Crippen molar-refractivity contribution in [3.05, 3.63) is 23.8 Å². The molecule has 0 unspecified atom stereocenters. The predicted octanol–water partition coefficient (Wildman–Crippen LogP) is 10.1. The highest BCUT2D eigenvalue weighted by Crippen LogP contribution is 2.31. The summed E-state index contributed by atoms with van der Waals surface area (Å²) in [6.45, 7) is 5.87. The van der Waals surface area contributed by atoms with Crippen LogP contribution in [0.4, 0.5) is 0 Å². The maximum absolute atomic E-state index is 11.5. The molecule has 0 aliphatic carbocycles. The highest BCUT2D eigenvalue weighted by molar-refractivity contribution is 5.81. The van der Waals surface area contributed by atoms with Crippen LogP contribution in [0.2, 0.25) is 0 Å². The zero-order valence-corrected chi connectivity index (χ0v) is 22.6. The molecule has 0 aliphatic heterocycles. The summed E-state index contributed by atoms with van der Waals surface area (Å²) in [4.78, 5) is 11.5. The lowest BCUT2D eigenvalue weighted by Crippen LogP contribution is -2.05. The van der Waals surface area contributed by atoms with Gasteiger partial charge in [0.15, 0.2) is 17.8 Å². The summed E-state index contributed by atoms with van der Waals surface area (Å²) in [5, 5.41) is 0. The molecule has 0 spiro atoms. The van der Waals surface area contributed by atoms with E-state index in [1.807, 2.05) is 18.2 Å². The molecule has 34 heavy (non-hydrogen) atoms. The van der Waals surface area contributed by atoms with Crippen LogP contribution < -0.4 is 9.47 Å². The molecule has 1 aromatic carbocycles. The number of aldehydes is 1. The second-order valence-corrected chi connectivity index (χ2v) is 9.85. The van der Waals surface area contributed by atoms with Gasteiger partial charge in [0.25, 0.3) is 0 Å². The van der Waals surface area contributed by atoms with Crippen molar-refractivity contribution in [2.45, 2.75) is 142 Å². The zero-order chi connectivity index (χ0) is 24.5. The first kappa shape index (κ1) is 30.5. The van der Waals surface area contributed by atoms with Crippen LogP contribution in [0.25, 0.3) is 0 Å². The molecule has 0 saturated carbocycles. The minimum Gasteiger partial charge on any atom is -0.490 e. The highest BCUT2D eigenvalue weighted by atomic mass is 16.5. The van der Waals surface area contributed by atoms with Crippen molar-refractivity contribution < 1.29 is 14.3 Å². The topological polar surface area (TPSA) is 35.5 Å². The van der Waals surface area contributed by atoms with E-state index in [1.165, 1.54) is 116 Å². The lowest BCUT2D eigenvalue weighted by atomic mass is 10.1. The Morgan fingerprint density at radius 2 is 0.971 bits per heavy atom. The molecule has 3 heteroatoms. The zero-order valence-electron chi connectivity index (χ0n) is 22.6. The number of benzene rings is 1. The number of carbonyl (C=O) groups excluding carboxylic acids is 1. The van der Waals surface area contributed by atoms with Crippen molar-refractivity contribution >= 4 is 6.29 Å². The Labute approximate surface area is 211 Å². The van der Waals surface area contributed by atoms with Gasteiger partial charge in [-0.1, -0.05) is 135 Å². The molecule has 1 aromatic rings. The minimum absolute atomic E-state index is 0.590. The van der Waals surface area contributed by atoms with Crippen LogP contribution in [0.1, 0.15) is 153 Å². The van der Waals surface area contributed by atoms with E-state index in [2.05, 4.69) is 13.8 Å². The van der Waals surface area contributed by atoms with E-state index in [0.29, 0.717) is 30.3 Å². The van der Waals surface area contributed by atoms with Crippen molar-refractivity contribution in [3.8, 4) is 11.5 Å². The van der Waals surface area contributed by atoms with Crippen LogP contribution in [-0.4, -0.2) is 19.5 Å². The van der Waals surface area contributed by atoms with Crippen molar-refractivity contribution in [1.82, 2.24) is 0 Å². The SMILES string of the molecule is CCCCCCCCCCCCOc1cccc(C=O)c1OCCCCCCCCCCCC. The first-order chi connectivity index (χ1) is 16.8. The Hall–Kier alpha value is -1.51. The number of ether oxygens (including phenoxy) is 2. The van der Waals surface area contributed by atoms with Crippen molar-refractivity contribution in [2.24, 2.45) is 0 Å². The summed E-state index contributed by atoms with van der Waals surface area (Å²) in [5.74, 6) is 1.34. The Morgan fingerprint density at radius 3 is 1.41 bits per heavy atom. The molecule has 0 atom stereocenters. The number of rotatable bonds is 25. The van der Waals surface area contributed by atoms with Gasteiger partial charge < -0.3 is 9.47 Å². The summed E-state index contributed by atoms with van der Waals surface area (Å²) in [6, 6.07) is 5.62. The Balaban J connectivity index is 2.16. The predicted molar refractivity (Wildman–Crippen MR) is 147 cm³/mol. The molecule has 0 amide bonds. The molecule has 0 heterocycles. The summed E-state index contributed by atoms with van der Waals surface area (Å²) < 4.78 is 12.0. The van der Waals surface area contributed by atoms with Crippen molar-refractivity contribution in [1.29, 1.82) is 0 Å². The van der Waals surface area contributed by atoms with Gasteiger partial charge in [0.05, 0.1) is 18.8 Å². The number of hydrogen-bond acceptors (Lipinski definition) is 3. The lowest BCUT2D eigenvalue weighted by Gasteiger charge is -2.14. The second kappa shape index (κ2) is 23.2. The van der Waals surface area contributed by atoms with Crippen LogP contribution in [0, 0.1) is 0 Å². The van der Waals surface area contributed by atoms with Gasteiger partial charge in [-0.15, -0.1) is 0 Å². The van der Waals surface area contributed by atoms with Crippen molar-refractivity contribution in [3.63, 3.8) is 0 Å². The molecule has 0 saturated heterocycles. The van der Waals surface area contributed by atoms with Crippen LogP contribution in [-0.2, 0) is 0 Å². The molecule has 3 nitrogen and oxygen atoms in total. The average molecular weight is 475 g/mol. The average Bonchev–Trinajstić information content (AvgIpc) is 2.86. The van der Waals surface area contributed by atoms with Gasteiger partial charge in [0, 0.05) is 0 Å². The monoisotopic (exact) mass is 474 g/mol. The standard InChI is InChI=1S/C31H54O3/c1-3-5-7-9-11-13-15-17-19-21-26-33-30-25-23-24-29(28-32)31(30)34-27-22-20-18-16-14-12-10-8-6-4-2/h23-25,28H,3-22,26-27H2,1-2H3. The van der Waals surface area contributed by atoms with Crippen LogP contribution in [0.15, 0.2) is 18.2 Å². The third-order valence-corrected chi connectivity index (χ3v) is 6.64. The van der Waals surface area contributed by atoms with Crippen LogP contribution >= 0.6 is 0 Å². The molecule has 196 valence electrons. The van der Waals surface area contributed by atoms with Gasteiger partial charge in [0.2, 0.25) is 0 Å². The number of unbranched alkanes of at least 4 members (excludes halogenated alkanes) is 18. The normalized spacial score (nSPS) is 11.0. The lowest BCUT2D eigenvalue weighted by molar-refractivity contribution is 0.111. The van der Waals surface area contributed by atoms with Crippen LogP contribution in [0.3, 0.4) is 0 Å². The van der Waals surface area contributed by atoms with Gasteiger partial charge in [-0.2, -0.15) is 0 Å². The van der Waals surface area contributed by atoms with E-state index < -0.39 is 0 Å². The summed E-state index contributed by atoms with van der Waals surface area (Å²) in [7, 11) is 0. The molecule has 1 rings (SSSR count). The summed E-state index contributed by atoms with van der Waals surface area (Å²) in [6.07, 6.45) is 27.0. The van der Waals surface area contributed by atoms with E-state index >= 15 is 0 Å². The third kappa shape index (κ3) is 16.2. The largest absolute Gasteiger partial charge is 0.490 e. The fraction of sp³-hybridized carbons (Fsp3) is 0.774. The maximum atomic E-state index is 11.5. The minimum atomic E-state index is 0.590. The molecular weight excluding hydrogens is 420 g/mol. The quantitative estimate of drug-likeness (QED) is 0.104. The first-order valence-electron chi connectivity index (χ1n) is 14.7. The van der Waals surface area contributed by atoms with E-state index in [1.54, 1.807) is 0 Å². The molecule has 0 aliphatic rings. The molecule has 0 fully saturated rings. The molecule has 0 bridgehead atoms. The fourth-order valence-corrected chi connectivity index (χ4v) is 4.43. The third-order valence-electron chi connectivity index (χ3n) is 6.64. The van der Waals surface area contributed by atoms with E-state index in [9.17, 15) is 4.79 Å². The number of carbonyl (C=O) groups is 1. The van der Waals surface area contributed by atoms with Crippen LogP contribution in [0.5, 0.6) is 11.5 Å². The Bertz CT molecular complexity index is 584. The first-order valence-corrected chi connectivity index (χ1v) is 14.7. The van der Waals surface area contributed by atoms with Gasteiger partial charge in [-0.25, -0.2) is 0 Å². The fourth-order valence-electron chi connectivity index (χ4n) is 4.43. The number of hydrogen-bond donors (Lipinski definition) is 0. The second-order valence-electron chi connectivity index (χ2n) is 9.85. The van der Waals surface area contributed by atoms with Gasteiger partial charge in [-0.3, -0.25) is 4.79 Å². The van der Waals surface area contributed by atoms with Gasteiger partial charge >= 0.3 is 0 Å². The van der Waals surface area contributed by atoms with Gasteiger partial charge in [-0.05, 0) is 25.0 Å². The van der Waals surface area contributed by atoms with Gasteiger partial charge in [0.1, 0.15) is 0 Å². The molecular formula is C31H54O3. The Morgan fingerprint density at radius 1 is 0.559 bits per heavy atom. The number of para-hydroxylation sites is 1. The Kier molecular flexibility index (Phi) is 20.9. The molecule has 0 N–H and O–H groups in total. The van der Waals surface area contributed by atoms with E-state index in [-0.39, 0.29) is 0 Å². The van der Waals surface area contributed by atoms with E-state index in [0.717, 1.165) is 19.1 Å². The molecule has 0 radical (unpaired) electrons. The summed E-state index contributed by atoms with van der Waals surface area (Å²) >= 11 is 0. The molecule has 0 aromatic heterocycles. The maximum Gasteiger partial charge on any atom is 0.171 e.